The lowest BCUT2D eigenvalue weighted by atomic mass is 10.1. The van der Waals surface area contributed by atoms with Gasteiger partial charge >= 0.3 is 0 Å². The summed E-state index contributed by atoms with van der Waals surface area (Å²) in [6, 6.07) is 20.7. The van der Waals surface area contributed by atoms with Gasteiger partial charge in [-0.05, 0) is 35.0 Å². The van der Waals surface area contributed by atoms with E-state index in [1.54, 1.807) is 54.1 Å². The van der Waals surface area contributed by atoms with Crippen LogP contribution in [0.15, 0.2) is 77.3 Å². The van der Waals surface area contributed by atoms with Gasteiger partial charge in [0, 0.05) is 18.2 Å². The van der Waals surface area contributed by atoms with Gasteiger partial charge in [-0.15, -0.1) is 0 Å². The van der Waals surface area contributed by atoms with Gasteiger partial charge in [-0.25, -0.2) is 4.98 Å². The Kier molecular flexibility index (Phi) is 4.94. The predicted molar refractivity (Wildman–Crippen MR) is 115 cm³/mol. The number of ether oxygens (including phenoxy) is 1. The van der Waals surface area contributed by atoms with E-state index in [0.717, 1.165) is 0 Å². The number of rotatable bonds is 6. The van der Waals surface area contributed by atoms with Gasteiger partial charge in [0.1, 0.15) is 18.1 Å². The van der Waals surface area contributed by atoms with Gasteiger partial charge < -0.3 is 18.9 Å². The minimum Gasteiger partial charge on any atom is -0.539 e. The average molecular weight is 443 g/mol. The highest BCUT2D eigenvalue weighted by Gasteiger charge is 2.26. The van der Waals surface area contributed by atoms with E-state index < -0.39 is 10.9 Å². The fraction of sp³-hybridized carbons (Fsp3) is 0.0870. The Labute approximate surface area is 187 Å². The summed E-state index contributed by atoms with van der Waals surface area (Å²) >= 11 is 0. The molecule has 0 saturated carbocycles. The first-order valence-electron chi connectivity index (χ1n) is 9.98. The van der Waals surface area contributed by atoms with E-state index in [9.17, 15) is 15.2 Å². The van der Waals surface area contributed by atoms with Crippen molar-refractivity contribution in [2.75, 3.05) is 7.11 Å². The highest BCUT2D eigenvalue weighted by Crippen LogP contribution is 2.32. The summed E-state index contributed by atoms with van der Waals surface area (Å²) in [5.41, 5.74) is 2.47. The second-order valence-electron chi connectivity index (χ2n) is 7.20. The molecule has 2 heterocycles. The summed E-state index contributed by atoms with van der Waals surface area (Å²) in [5, 5.41) is 28.2. The number of nitro groups is 1. The number of nitro benzene ring substituents is 1. The van der Waals surface area contributed by atoms with Gasteiger partial charge in [-0.2, -0.15) is 0 Å². The summed E-state index contributed by atoms with van der Waals surface area (Å²) < 4.78 is 13.3. The molecule has 3 aromatic carbocycles. The molecule has 5 rings (SSSR count). The predicted octanol–water partition coefficient (Wildman–Crippen LogP) is 3.01. The van der Waals surface area contributed by atoms with E-state index >= 15 is 0 Å². The Morgan fingerprint density at radius 2 is 1.79 bits per heavy atom. The Morgan fingerprint density at radius 1 is 1.06 bits per heavy atom. The summed E-state index contributed by atoms with van der Waals surface area (Å²) in [6.07, 6.45) is 0. The Balaban J connectivity index is 1.68. The molecule has 0 radical (unpaired) electrons. The normalized spacial score (nSPS) is 11.1. The molecule has 0 N–H and O–H groups in total. The van der Waals surface area contributed by atoms with Gasteiger partial charge in [0.2, 0.25) is 5.69 Å². The summed E-state index contributed by atoms with van der Waals surface area (Å²) in [5.74, 6) is 0.411. The number of hydrogen-bond donors (Lipinski definition) is 0. The number of fused-ring (bicyclic) bond motifs is 1. The zero-order valence-corrected chi connectivity index (χ0v) is 17.4. The minimum absolute atomic E-state index is 0.0380. The minimum atomic E-state index is -0.614. The van der Waals surface area contributed by atoms with Gasteiger partial charge in [0.25, 0.3) is 11.4 Å². The maximum atomic E-state index is 12.6. The molecule has 2 aromatic heterocycles. The second-order valence-corrected chi connectivity index (χ2v) is 7.20. The van der Waals surface area contributed by atoms with Gasteiger partial charge in [0.15, 0.2) is 5.95 Å². The van der Waals surface area contributed by atoms with Crippen LogP contribution in [0.2, 0.25) is 0 Å². The lowest BCUT2D eigenvalue weighted by molar-refractivity contribution is -0.677. The van der Waals surface area contributed by atoms with E-state index in [-0.39, 0.29) is 17.9 Å². The van der Waals surface area contributed by atoms with Crippen molar-refractivity contribution in [1.82, 2.24) is 14.8 Å². The highest BCUT2D eigenvalue weighted by molar-refractivity contribution is 5.82. The molecule has 0 unspecified atom stereocenters. The van der Waals surface area contributed by atoms with Crippen LogP contribution >= 0.6 is 0 Å². The summed E-state index contributed by atoms with van der Waals surface area (Å²) in [4.78, 5) is 15.9. The third-order valence-corrected chi connectivity index (χ3v) is 5.32. The molecule has 33 heavy (non-hydrogen) atoms. The Bertz CT molecular complexity index is 1470. The van der Waals surface area contributed by atoms with Crippen LogP contribution in [0.3, 0.4) is 0 Å². The fourth-order valence-corrected chi connectivity index (χ4v) is 3.74. The second kappa shape index (κ2) is 8.08. The van der Waals surface area contributed by atoms with Crippen molar-refractivity contribution in [1.29, 1.82) is 0 Å². The molecular weight excluding hydrogens is 426 g/mol. The Hall–Kier alpha value is -4.73. The molecule has 10 heteroatoms. The molecule has 5 aromatic rings. The smallest absolute Gasteiger partial charge is 0.280 e. The van der Waals surface area contributed by atoms with E-state index in [4.69, 9.17) is 9.26 Å². The van der Waals surface area contributed by atoms with Crippen molar-refractivity contribution >= 4 is 16.7 Å². The van der Waals surface area contributed by atoms with Crippen LogP contribution < -0.4 is 14.5 Å². The molecule has 0 spiro atoms. The molecule has 0 amide bonds. The van der Waals surface area contributed by atoms with Crippen molar-refractivity contribution < 1.29 is 24.0 Å². The fourth-order valence-electron chi connectivity index (χ4n) is 3.74. The molecule has 0 bridgehead atoms. The van der Waals surface area contributed by atoms with Crippen LogP contribution in [-0.4, -0.2) is 26.9 Å². The zero-order chi connectivity index (χ0) is 22.9. The first kappa shape index (κ1) is 20.2. The van der Waals surface area contributed by atoms with Gasteiger partial charge in [-0.3, -0.25) is 10.1 Å². The molecule has 0 aliphatic heterocycles. The van der Waals surface area contributed by atoms with Crippen LogP contribution in [0.25, 0.3) is 28.1 Å². The first-order valence-corrected chi connectivity index (χ1v) is 9.98. The van der Waals surface area contributed by atoms with Crippen LogP contribution in [0, 0.1) is 10.1 Å². The zero-order valence-electron chi connectivity index (χ0n) is 17.4. The topological polar surface area (TPSA) is 123 Å². The maximum Gasteiger partial charge on any atom is 0.280 e. The monoisotopic (exact) mass is 443 g/mol. The SMILES string of the molecule is COc1ccc(-[n+]2noc([O-])c2Cn2c(-c3ccccc3[N+](=O)[O-])nc3ccccc32)cc1. The number of para-hydroxylation sites is 3. The molecular formula is C23H17N5O5. The van der Waals surface area contributed by atoms with Crippen molar-refractivity contribution in [2.24, 2.45) is 0 Å². The molecule has 10 nitrogen and oxygen atoms in total. The first-order chi connectivity index (χ1) is 16.1. The van der Waals surface area contributed by atoms with Gasteiger partial charge in [0.05, 0.1) is 33.9 Å². The highest BCUT2D eigenvalue weighted by atomic mass is 16.6. The van der Waals surface area contributed by atoms with Crippen LogP contribution in [0.1, 0.15) is 5.69 Å². The van der Waals surface area contributed by atoms with E-state index in [2.05, 4.69) is 10.3 Å². The van der Waals surface area contributed by atoms with Crippen molar-refractivity contribution in [2.45, 2.75) is 6.54 Å². The van der Waals surface area contributed by atoms with E-state index in [1.807, 2.05) is 24.3 Å². The molecule has 0 saturated heterocycles. The number of benzene rings is 3. The molecule has 0 fully saturated rings. The number of imidazole rings is 1. The quantitative estimate of drug-likeness (QED) is 0.224. The van der Waals surface area contributed by atoms with Crippen molar-refractivity contribution in [3.8, 4) is 28.8 Å². The number of methoxy groups -OCH3 is 1. The maximum absolute atomic E-state index is 12.6. The third kappa shape index (κ3) is 3.53. The molecule has 0 aliphatic carbocycles. The number of aromatic nitrogens is 4. The lowest BCUT2D eigenvalue weighted by Gasteiger charge is -2.08. The van der Waals surface area contributed by atoms with Gasteiger partial charge in [-0.1, -0.05) is 24.3 Å². The standard InChI is InChI=1S/C23H17N5O5/c1-32-16-12-10-15(11-13-16)27-21(23(29)33-25-27)14-26-20-9-5-3-7-18(20)24-22(26)17-6-2-4-8-19(17)28(30)31/h2-13H,14H2,1H3. The van der Waals surface area contributed by atoms with Crippen LogP contribution in [-0.2, 0) is 6.54 Å². The lowest BCUT2D eigenvalue weighted by Crippen LogP contribution is -2.37. The van der Waals surface area contributed by atoms with E-state index in [0.29, 0.717) is 33.9 Å². The number of hydrogen-bond acceptors (Lipinski definition) is 7. The summed E-state index contributed by atoms with van der Waals surface area (Å²) in [7, 11) is 1.56. The van der Waals surface area contributed by atoms with Crippen molar-refractivity contribution in [3.63, 3.8) is 0 Å². The number of nitrogens with zero attached hydrogens (tertiary/aromatic N) is 5. The van der Waals surface area contributed by atoms with Crippen LogP contribution in [0.5, 0.6) is 11.7 Å². The third-order valence-electron chi connectivity index (χ3n) is 5.32. The molecule has 0 atom stereocenters. The largest absolute Gasteiger partial charge is 0.539 e. The summed E-state index contributed by atoms with van der Waals surface area (Å²) in [6.45, 7) is 0.0380. The van der Waals surface area contributed by atoms with Crippen molar-refractivity contribution in [3.05, 3.63) is 88.6 Å². The van der Waals surface area contributed by atoms with E-state index in [1.165, 1.54) is 10.7 Å². The Morgan fingerprint density at radius 3 is 2.55 bits per heavy atom. The average Bonchev–Trinajstić information content (AvgIpc) is 3.40. The van der Waals surface area contributed by atoms with Crippen LogP contribution in [0.4, 0.5) is 5.69 Å². The molecule has 164 valence electrons. The molecule has 0 aliphatic rings.